The number of allylic oxidation sites excluding steroid dienone is 3. The molecule has 0 amide bonds. The van der Waals surface area contributed by atoms with Gasteiger partial charge in [0.25, 0.3) is 0 Å². The zero-order valence-corrected chi connectivity index (χ0v) is 15.3. The molecule has 1 atom stereocenters. The average molecular weight is 301 g/mol. The molecule has 4 heteroatoms. The molecule has 0 saturated carbocycles. The van der Waals surface area contributed by atoms with Crippen LogP contribution in [0.25, 0.3) is 16.0 Å². The number of rotatable bonds is 4. The van der Waals surface area contributed by atoms with Crippen LogP contribution in [-0.4, -0.2) is 41.3 Å². The molecular formula is C15H31N3Ti. The topological polar surface area (TPSA) is 42.3 Å². The molecule has 0 aromatic rings. The summed E-state index contributed by atoms with van der Waals surface area (Å²) in [4.78, 5) is 0. The van der Waals surface area contributed by atoms with Crippen molar-refractivity contribution in [1.29, 1.82) is 0 Å². The van der Waals surface area contributed by atoms with E-state index >= 15 is 0 Å². The fraction of sp³-hybridized carbons (Fsp3) is 0.667. The van der Waals surface area contributed by atoms with Gasteiger partial charge in [-0.2, -0.15) is 34.7 Å². The van der Waals surface area contributed by atoms with E-state index in [0.717, 1.165) is 19.5 Å². The fourth-order valence-electron chi connectivity index (χ4n) is 1.27. The molecule has 0 aromatic carbocycles. The van der Waals surface area contributed by atoms with Crippen molar-refractivity contribution in [2.24, 2.45) is 5.92 Å². The second-order valence-electron chi connectivity index (χ2n) is 3.89. The van der Waals surface area contributed by atoms with E-state index in [9.17, 15) is 0 Å². The molecular weight excluding hydrogens is 270 g/mol. The number of hydrogen-bond donors (Lipinski definition) is 0. The molecule has 0 bridgehead atoms. The van der Waals surface area contributed by atoms with Crippen LogP contribution in [0.4, 0.5) is 0 Å². The second kappa shape index (κ2) is 23.2. The quantitative estimate of drug-likeness (QED) is 0.538. The summed E-state index contributed by atoms with van der Waals surface area (Å²) in [7, 11) is 7.00. The maximum Gasteiger partial charge on any atom is 4.00 e. The summed E-state index contributed by atoms with van der Waals surface area (Å²) < 4.78 is 0. The standard InChI is InChI=1S/C10H16N.2C2H6N.CH3.Ti/c1-3-11-8-9(2)10-6-4-5-7-10;2*1-3-2;;/h4-6,9H,3,7-8H2,1-2H3;2*1-2H3;1H3;/q4*-1;+4. The third-order valence-corrected chi connectivity index (χ3v) is 2.06. The van der Waals surface area contributed by atoms with E-state index in [0.29, 0.717) is 5.92 Å². The van der Waals surface area contributed by atoms with Crippen LogP contribution in [0, 0.1) is 13.3 Å². The van der Waals surface area contributed by atoms with E-state index in [1.807, 2.05) is 0 Å². The van der Waals surface area contributed by atoms with E-state index in [2.05, 4.69) is 48.0 Å². The molecule has 1 rings (SSSR count). The van der Waals surface area contributed by atoms with Gasteiger partial charge in [-0.05, 0) is 12.3 Å². The zero-order valence-electron chi connectivity index (χ0n) is 13.8. The van der Waals surface area contributed by atoms with Gasteiger partial charge < -0.3 is 23.4 Å². The van der Waals surface area contributed by atoms with Gasteiger partial charge >= 0.3 is 21.7 Å². The Bertz CT molecular complexity index is 202. The van der Waals surface area contributed by atoms with Crippen molar-refractivity contribution in [3.05, 3.63) is 47.2 Å². The van der Waals surface area contributed by atoms with Gasteiger partial charge in [0.1, 0.15) is 0 Å². The predicted octanol–water partition coefficient (Wildman–Crippen LogP) is 4.59. The Morgan fingerprint density at radius 2 is 1.63 bits per heavy atom. The molecule has 1 aliphatic carbocycles. The van der Waals surface area contributed by atoms with Crippen LogP contribution in [0.1, 0.15) is 20.3 Å². The largest absolute Gasteiger partial charge is 4.00 e. The summed E-state index contributed by atoms with van der Waals surface area (Å²) in [6, 6.07) is 0. The molecule has 1 aliphatic rings. The van der Waals surface area contributed by atoms with Crippen LogP contribution in [0.2, 0.25) is 0 Å². The van der Waals surface area contributed by atoms with Crippen LogP contribution in [0.5, 0.6) is 0 Å². The third kappa shape index (κ3) is 20.6. The molecule has 0 aromatic heterocycles. The molecule has 19 heavy (non-hydrogen) atoms. The van der Waals surface area contributed by atoms with Crippen molar-refractivity contribution in [3.63, 3.8) is 0 Å². The van der Waals surface area contributed by atoms with Gasteiger partial charge in [0, 0.05) is 0 Å². The smallest absolute Gasteiger partial charge is 0.668 e. The molecule has 0 fully saturated rings. The zero-order chi connectivity index (χ0) is 13.5. The van der Waals surface area contributed by atoms with E-state index in [-0.39, 0.29) is 29.1 Å². The summed E-state index contributed by atoms with van der Waals surface area (Å²) in [6.45, 7) is 6.28. The van der Waals surface area contributed by atoms with Crippen LogP contribution < -0.4 is 0 Å². The minimum absolute atomic E-state index is 0. The molecule has 110 valence electrons. The third-order valence-electron chi connectivity index (χ3n) is 2.06. The SMILES string of the molecule is CC[N-]CC(C)C1=CC=CC1.C[N-]C.C[N-]C.[CH3-].[Ti+4]. The van der Waals surface area contributed by atoms with Gasteiger partial charge in [-0.1, -0.05) is 37.6 Å². The van der Waals surface area contributed by atoms with Crippen LogP contribution >= 0.6 is 0 Å². The number of hydrogen-bond acceptors (Lipinski definition) is 0. The monoisotopic (exact) mass is 301 g/mol. The summed E-state index contributed by atoms with van der Waals surface area (Å²) in [6.07, 6.45) is 7.70. The van der Waals surface area contributed by atoms with Crippen LogP contribution in [-0.2, 0) is 21.7 Å². The average Bonchev–Trinajstić information content (AvgIpc) is 2.81. The van der Waals surface area contributed by atoms with Crippen LogP contribution in [0.15, 0.2) is 23.8 Å². The molecule has 3 nitrogen and oxygen atoms in total. The Kier molecular flexibility index (Phi) is 33.5. The molecule has 0 aliphatic heterocycles. The van der Waals surface area contributed by atoms with Crippen molar-refractivity contribution >= 4 is 0 Å². The minimum atomic E-state index is 0. The first-order valence-electron chi connectivity index (χ1n) is 6.12. The van der Waals surface area contributed by atoms with Crippen molar-refractivity contribution in [2.75, 3.05) is 41.3 Å². The van der Waals surface area contributed by atoms with Crippen molar-refractivity contribution in [3.8, 4) is 0 Å². The van der Waals surface area contributed by atoms with Gasteiger partial charge in [0.15, 0.2) is 0 Å². The van der Waals surface area contributed by atoms with E-state index < -0.39 is 0 Å². The molecule has 0 heterocycles. The Labute approximate surface area is 136 Å². The van der Waals surface area contributed by atoms with E-state index in [4.69, 9.17) is 0 Å². The first-order chi connectivity index (χ1) is 8.17. The van der Waals surface area contributed by atoms with E-state index in [1.165, 1.54) is 5.57 Å². The first kappa shape index (κ1) is 27.4. The molecule has 0 radical (unpaired) electrons. The Balaban J connectivity index is -0.000000122. The number of nitrogens with zero attached hydrogens (tertiary/aromatic N) is 3. The van der Waals surface area contributed by atoms with Crippen molar-refractivity contribution in [1.82, 2.24) is 0 Å². The molecule has 1 unspecified atom stereocenters. The Hall–Kier alpha value is 0.0743. The Morgan fingerprint density at radius 1 is 1.16 bits per heavy atom. The van der Waals surface area contributed by atoms with E-state index in [1.54, 1.807) is 28.2 Å². The second-order valence-corrected chi connectivity index (χ2v) is 3.89. The van der Waals surface area contributed by atoms with Crippen molar-refractivity contribution in [2.45, 2.75) is 20.3 Å². The van der Waals surface area contributed by atoms with Gasteiger partial charge in [0.2, 0.25) is 0 Å². The fourth-order valence-corrected chi connectivity index (χ4v) is 1.27. The molecule has 0 spiro atoms. The van der Waals surface area contributed by atoms with Crippen LogP contribution in [0.3, 0.4) is 0 Å². The summed E-state index contributed by atoms with van der Waals surface area (Å²) in [5.74, 6) is 0.643. The summed E-state index contributed by atoms with van der Waals surface area (Å²) >= 11 is 0. The Morgan fingerprint density at radius 3 is 1.95 bits per heavy atom. The first-order valence-corrected chi connectivity index (χ1v) is 6.12. The maximum atomic E-state index is 4.35. The maximum absolute atomic E-state index is 4.35. The molecule has 0 saturated heterocycles. The van der Waals surface area contributed by atoms with Gasteiger partial charge in [-0.25, -0.2) is 0 Å². The predicted molar refractivity (Wildman–Crippen MR) is 86.6 cm³/mol. The van der Waals surface area contributed by atoms with Gasteiger partial charge in [0.05, 0.1) is 0 Å². The van der Waals surface area contributed by atoms with Gasteiger partial charge in [-0.15, -0.1) is 6.54 Å². The van der Waals surface area contributed by atoms with Gasteiger partial charge in [-0.3, -0.25) is 0 Å². The molecule has 0 N–H and O–H groups in total. The summed E-state index contributed by atoms with van der Waals surface area (Å²) in [5, 5.41) is 11.3. The normalized spacial score (nSPS) is 12.6. The minimum Gasteiger partial charge on any atom is -0.668 e. The summed E-state index contributed by atoms with van der Waals surface area (Å²) in [5.41, 5.74) is 1.53. The van der Waals surface area contributed by atoms with Crippen molar-refractivity contribution < 1.29 is 21.7 Å².